The van der Waals surface area contributed by atoms with Gasteiger partial charge in [-0.15, -0.1) is 0 Å². The second kappa shape index (κ2) is 5.72. The van der Waals surface area contributed by atoms with Gasteiger partial charge in [0, 0.05) is 17.9 Å². The molecule has 112 valence electrons. The smallest absolute Gasteiger partial charge is 0.164 e. The van der Waals surface area contributed by atoms with E-state index in [1.807, 2.05) is 34.5 Å². The zero-order valence-electron chi connectivity index (χ0n) is 12.1. The zero-order chi connectivity index (χ0) is 14.9. The van der Waals surface area contributed by atoms with Crippen molar-refractivity contribution in [1.29, 1.82) is 0 Å². The van der Waals surface area contributed by atoms with Crippen LogP contribution >= 0.6 is 11.8 Å². The Morgan fingerprint density at radius 3 is 3.00 bits per heavy atom. The van der Waals surface area contributed by atoms with Gasteiger partial charge in [-0.05, 0) is 48.9 Å². The number of benzene rings is 1. The molecule has 4 rings (SSSR count). The number of thioether (sulfide) groups is 1. The molecule has 1 aliphatic rings. The van der Waals surface area contributed by atoms with E-state index in [1.165, 1.54) is 18.2 Å². The van der Waals surface area contributed by atoms with Gasteiger partial charge in [0.15, 0.2) is 5.65 Å². The highest BCUT2D eigenvalue weighted by molar-refractivity contribution is 7.99. The lowest BCUT2D eigenvalue weighted by Crippen LogP contribution is -2.14. The standard InChI is InChI=1S/C17H16FN3S/c18-13-5-1-6-14(10-13)21-16(12-4-3-9-22-11-12)20-15-7-2-8-19-17(15)21/h1-2,5-8,10,12H,3-4,9,11H2. The van der Waals surface area contributed by atoms with Gasteiger partial charge in [-0.2, -0.15) is 11.8 Å². The van der Waals surface area contributed by atoms with E-state index in [1.54, 1.807) is 18.3 Å². The third-order valence-electron chi connectivity index (χ3n) is 4.03. The van der Waals surface area contributed by atoms with Crippen molar-refractivity contribution in [2.24, 2.45) is 0 Å². The number of pyridine rings is 1. The Bertz CT molecular complexity index is 809. The molecule has 3 nitrogen and oxygen atoms in total. The molecule has 0 spiro atoms. The van der Waals surface area contributed by atoms with Crippen LogP contribution in [0.3, 0.4) is 0 Å². The van der Waals surface area contributed by atoms with Crippen molar-refractivity contribution in [3.63, 3.8) is 0 Å². The van der Waals surface area contributed by atoms with Crippen molar-refractivity contribution >= 4 is 22.9 Å². The van der Waals surface area contributed by atoms with Gasteiger partial charge in [0.05, 0.1) is 5.69 Å². The second-order valence-corrected chi connectivity index (χ2v) is 6.70. The van der Waals surface area contributed by atoms with Gasteiger partial charge in [-0.3, -0.25) is 4.57 Å². The second-order valence-electron chi connectivity index (χ2n) is 5.55. The Hall–Kier alpha value is -1.88. The molecule has 1 unspecified atom stereocenters. The molecule has 1 aromatic carbocycles. The first-order valence-electron chi connectivity index (χ1n) is 7.50. The molecular formula is C17H16FN3S. The van der Waals surface area contributed by atoms with Crippen molar-refractivity contribution < 1.29 is 4.39 Å². The maximum atomic E-state index is 13.7. The minimum Gasteiger partial charge on any atom is -0.280 e. The number of fused-ring (bicyclic) bond motifs is 1. The molecule has 1 aliphatic heterocycles. The predicted octanol–water partition coefficient (Wildman–Crippen LogP) is 4.17. The van der Waals surface area contributed by atoms with Crippen LogP contribution in [0.2, 0.25) is 0 Å². The molecule has 1 fully saturated rings. The molecule has 3 aromatic rings. The number of imidazole rings is 1. The summed E-state index contributed by atoms with van der Waals surface area (Å²) in [6.45, 7) is 0. The zero-order valence-corrected chi connectivity index (χ0v) is 12.9. The van der Waals surface area contributed by atoms with Crippen LogP contribution < -0.4 is 0 Å². The SMILES string of the molecule is Fc1cccc(-n2c(C3CCCSC3)nc3cccnc32)c1. The van der Waals surface area contributed by atoms with Gasteiger partial charge >= 0.3 is 0 Å². The van der Waals surface area contributed by atoms with Gasteiger partial charge < -0.3 is 0 Å². The van der Waals surface area contributed by atoms with Gasteiger partial charge in [-0.1, -0.05) is 6.07 Å². The summed E-state index contributed by atoms with van der Waals surface area (Å²) in [4.78, 5) is 9.28. The summed E-state index contributed by atoms with van der Waals surface area (Å²) in [5, 5.41) is 0. The minimum absolute atomic E-state index is 0.237. The summed E-state index contributed by atoms with van der Waals surface area (Å²) in [6, 6.07) is 10.5. The van der Waals surface area contributed by atoms with Crippen LogP contribution in [0.25, 0.3) is 16.9 Å². The van der Waals surface area contributed by atoms with Crippen LogP contribution in [-0.4, -0.2) is 26.0 Å². The molecule has 1 atom stereocenters. The molecule has 0 radical (unpaired) electrons. The Morgan fingerprint density at radius 2 is 2.18 bits per heavy atom. The van der Waals surface area contributed by atoms with Gasteiger partial charge in [0.2, 0.25) is 0 Å². The molecule has 22 heavy (non-hydrogen) atoms. The topological polar surface area (TPSA) is 30.7 Å². The lowest BCUT2D eigenvalue weighted by molar-refractivity contribution is 0.611. The average molecular weight is 313 g/mol. The maximum absolute atomic E-state index is 13.7. The highest BCUT2D eigenvalue weighted by Crippen LogP contribution is 2.33. The molecule has 0 saturated carbocycles. The van der Waals surface area contributed by atoms with E-state index in [2.05, 4.69) is 4.98 Å². The van der Waals surface area contributed by atoms with Crippen molar-refractivity contribution in [2.45, 2.75) is 18.8 Å². The van der Waals surface area contributed by atoms with Crippen LogP contribution in [0, 0.1) is 5.82 Å². The van der Waals surface area contributed by atoms with E-state index in [4.69, 9.17) is 4.98 Å². The number of hydrogen-bond acceptors (Lipinski definition) is 3. The van der Waals surface area contributed by atoms with Gasteiger partial charge in [0.25, 0.3) is 0 Å². The van der Waals surface area contributed by atoms with E-state index < -0.39 is 0 Å². The quantitative estimate of drug-likeness (QED) is 0.711. The number of nitrogens with zero attached hydrogens (tertiary/aromatic N) is 3. The molecule has 1 saturated heterocycles. The van der Waals surface area contributed by atoms with Crippen molar-refractivity contribution in [1.82, 2.24) is 14.5 Å². The summed E-state index contributed by atoms with van der Waals surface area (Å²) in [5.74, 6) is 3.45. The fourth-order valence-electron chi connectivity index (χ4n) is 3.02. The summed E-state index contributed by atoms with van der Waals surface area (Å²) in [7, 11) is 0. The van der Waals surface area contributed by atoms with E-state index in [9.17, 15) is 4.39 Å². The normalized spacial score (nSPS) is 18.7. The first kappa shape index (κ1) is 13.8. The lowest BCUT2D eigenvalue weighted by atomic mass is 10.0. The Balaban J connectivity index is 1.93. The maximum Gasteiger partial charge on any atom is 0.164 e. The fraction of sp³-hybridized carbons (Fsp3) is 0.294. The summed E-state index contributed by atoms with van der Waals surface area (Å²) in [6.07, 6.45) is 4.10. The first-order valence-corrected chi connectivity index (χ1v) is 8.65. The van der Waals surface area contributed by atoms with E-state index in [0.717, 1.165) is 34.8 Å². The van der Waals surface area contributed by atoms with Gasteiger partial charge in [-0.25, -0.2) is 14.4 Å². The van der Waals surface area contributed by atoms with Crippen molar-refractivity contribution in [3.8, 4) is 5.69 Å². The summed E-state index contributed by atoms with van der Waals surface area (Å²) >= 11 is 1.97. The molecule has 0 aliphatic carbocycles. The Labute approximate surface area is 132 Å². The van der Waals surface area contributed by atoms with E-state index in [0.29, 0.717) is 5.92 Å². The number of rotatable bonds is 2. The lowest BCUT2D eigenvalue weighted by Gasteiger charge is -2.21. The van der Waals surface area contributed by atoms with Crippen molar-refractivity contribution in [3.05, 3.63) is 54.2 Å². The molecule has 2 aromatic heterocycles. The summed E-state index contributed by atoms with van der Waals surface area (Å²) in [5.41, 5.74) is 2.47. The monoisotopic (exact) mass is 313 g/mol. The van der Waals surface area contributed by atoms with Crippen molar-refractivity contribution in [2.75, 3.05) is 11.5 Å². The third kappa shape index (κ3) is 2.39. The van der Waals surface area contributed by atoms with Crippen LogP contribution in [0.15, 0.2) is 42.6 Å². The highest BCUT2D eigenvalue weighted by Gasteiger charge is 2.24. The average Bonchev–Trinajstić information content (AvgIpc) is 2.95. The molecule has 5 heteroatoms. The van der Waals surface area contributed by atoms with E-state index in [-0.39, 0.29) is 5.82 Å². The molecule has 0 amide bonds. The number of halogens is 1. The molecule has 0 N–H and O–H groups in total. The molecular weight excluding hydrogens is 297 g/mol. The molecule has 0 bridgehead atoms. The summed E-state index contributed by atoms with van der Waals surface area (Å²) < 4.78 is 15.7. The van der Waals surface area contributed by atoms with Crippen LogP contribution in [0.1, 0.15) is 24.6 Å². The minimum atomic E-state index is -0.237. The first-order chi connectivity index (χ1) is 10.8. The predicted molar refractivity (Wildman–Crippen MR) is 88.1 cm³/mol. The largest absolute Gasteiger partial charge is 0.280 e. The van der Waals surface area contributed by atoms with Crippen LogP contribution in [0.4, 0.5) is 4.39 Å². The molecule has 3 heterocycles. The van der Waals surface area contributed by atoms with E-state index >= 15 is 0 Å². The Morgan fingerprint density at radius 1 is 1.23 bits per heavy atom. The number of hydrogen-bond donors (Lipinski definition) is 0. The number of aromatic nitrogens is 3. The van der Waals surface area contributed by atoms with Crippen LogP contribution in [0.5, 0.6) is 0 Å². The fourth-order valence-corrected chi connectivity index (χ4v) is 4.16. The van der Waals surface area contributed by atoms with Gasteiger partial charge in [0.1, 0.15) is 17.2 Å². The highest BCUT2D eigenvalue weighted by atomic mass is 32.2. The Kier molecular flexibility index (Phi) is 3.58. The van der Waals surface area contributed by atoms with Crippen LogP contribution in [-0.2, 0) is 0 Å². The third-order valence-corrected chi connectivity index (χ3v) is 5.25.